The topological polar surface area (TPSA) is 95.6 Å². The number of sulfonamides is 1. The third-order valence-electron chi connectivity index (χ3n) is 5.02. The summed E-state index contributed by atoms with van der Waals surface area (Å²) >= 11 is 0. The molecule has 0 saturated carbocycles. The molecule has 1 aliphatic rings. The monoisotopic (exact) mass is 429 g/mol. The molecule has 160 valence electrons. The van der Waals surface area contributed by atoms with Crippen LogP contribution in [0.1, 0.15) is 30.4 Å². The van der Waals surface area contributed by atoms with Gasteiger partial charge in [0.1, 0.15) is 0 Å². The highest BCUT2D eigenvalue weighted by atomic mass is 32.2. The zero-order chi connectivity index (χ0) is 21.4. The van der Waals surface area contributed by atoms with Crippen LogP contribution in [0.15, 0.2) is 59.5 Å². The van der Waals surface area contributed by atoms with E-state index in [1.807, 2.05) is 30.3 Å². The Morgan fingerprint density at radius 3 is 2.13 bits per heavy atom. The number of nitrogens with one attached hydrogen (secondary N) is 2. The molecule has 0 unspecified atom stereocenters. The summed E-state index contributed by atoms with van der Waals surface area (Å²) in [6.07, 6.45) is 3.08. The second kappa shape index (κ2) is 10.4. The van der Waals surface area contributed by atoms with Gasteiger partial charge in [-0.15, -0.1) is 0 Å². The maximum absolute atomic E-state index is 12.7. The fraction of sp³-hybridized carbons (Fsp3) is 0.364. The highest BCUT2D eigenvalue weighted by Crippen LogP contribution is 2.20. The Hall–Kier alpha value is -2.71. The van der Waals surface area contributed by atoms with Crippen molar-refractivity contribution in [3.63, 3.8) is 0 Å². The zero-order valence-corrected chi connectivity index (χ0v) is 17.7. The van der Waals surface area contributed by atoms with Crippen LogP contribution >= 0.6 is 0 Å². The van der Waals surface area contributed by atoms with E-state index >= 15 is 0 Å². The summed E-state index contributed by atoms with van der Waals surface area (Å²) in [6, 6.07) is 15.9. The van der Waals surface area contributed by atoms with Gasteiger partial charge in [0.15, 0.2) is 0 Å². The minimum atomic E-state index is -3.46. The third kappa shape index (κ3) is 6.14. The normalized spacial score (nSPS) is 14.8. The Kier molecular flexibility index (Phi) is 7.59. The first-order chi connectivity index (χ1) is 14.4. The molecular weight excluding hydrogens is 402 g/mol. The Balaban J connectivity index is 1.44. The molecule has 1 saturated heterocycles. The largest absolute Gasteiger partial charge is 0.350 e. The summed E-state index contributed by atoms with van der Waals surface area (Å²) in [5, 5.41) is 5.32. The molecule has 0 spiro atoms. The van der Waals surface area contributed by atoms with Crippen molar-refractivity contribution in [2.45, 2.75) is 37.1 Å². The van der Waals surface area contributed by atoms with Crippen LogP contribution in [0.2, 0.25) is 0 Å². The van der Waals surface area contributed by atoms with Crippen LogP contribution in [0.4, 0.5) is 0 Å². The molecule has 8 heteroatoms. The number of benzene rings is 2. The van der Waals surface area contributed by atoms with E-state index in [0.717, 1.165) is 30.4 Å². The highest BCUT2D eigenvalue weighted by Gasteiger charge is 2.25. The van der Waals surface area contributed by atoms with Crippen molar-refractivity contribution < 1.29 is 18.0 Å². The van der Waals surface area contributed by atoms with Crippen molar-refractivity contribution in [1.29, 1.82) is 0 Å². The van der Waals surface area contributed by atoms with E-state index in [1.54, 1.807) is 24.3 Å². The van der Waals surface area contributed by atoms with E-state index in [-0.39, 0.29) is 36.2 Å². The van der Waals surface area contributed by atoms with Crippen molar-refractivity contribution in [1.82, 2.24) is 14.9 Å². The first-order valence-electron chi connectivity index (χ1n) is 10.1. The second-order valence-corrected chi connectivity index (χ2v) is 9.26. The Morgan fingerprint density at radius 1 is 0.800 bits per heavy atom. The fourth-order valence-electron chi connectivity index (χ4n) is 3.32. The molecule has 7 nitrogen and oxygen atoms in total. The molecule has 2 N–H and O–H groups in total. The Morgan fingerprint density at radius 2 is 1.47 bits per heavy atom. The summed E-state index contributed by atoms with van der Waals surface area (Å²) in [5.74, 6) is -0.523. The fourth-order valence-corrected chi connectivity index (χ4v) is 4.84. The summed E-state index contributed by atoms with van der Waals surface area (Å²) in [7, 11) is -3.46. The second-order valence-electron chi connectivity index (χ2n) is 7.32. The molecule has 1 fully saturated rings. The molecule has 1 heterocycles. The number of carbonyl (C=O) groups excluding carboxylic acids is 2. The van der Waals surface area contributed by atoms with Gasteiger partial charge in [-0.25, -0.2) is 8.42 Å². The smallest absolute Gasteiger partial charge is 0.243 e. The minimum Gasteiger partial charge on any atom is -0.350 e. The van der Waals surface area contributed by atoms with Crippen LogP contribution in [0, 0.1) is 0 Å². The molecule has 2 aromatic carbocycles. The number of hydrogen-bond donors (Lipinski definition) is 2. The van der Waals surface area contributed by atoms with Gasteiger partial charge < -0.3 is 10.6 Å². The van der Waals surface area contributed by atoms with Gasteiger partial charge in [0, 0.05) is 19.6 Å². The maximum Gasteiger partial charge on any atom is 0.243 e. The van der Waals surface area contributed by atoms with Gasteiger partial charge in [0.2, 0.25) is 21.8 Å². The van der Waals surface area contributed by atoms with Gasteiger partial charge in [-0.1, -0.05) is 48.9 Å². The minimum absolute atomic E-state index is 0.104. The van der Waals surface area contributed by atoms with Crippen molar-refractivity contribution in [3.05, 3.63) is 65.7 Å². The van der Waals surface area contributed by atoms with E-state index in [1.165, 1.54) is 4.31 Å². The first kappa shape index (κ1) is 22.0. The molecule has 3 rings (SSSR count). The molecule has 30 heavy (non-hydrogen) atoms. The van der Waals surface area contributed by atoms with Gasteiger partial charge in [-0.3, -0.25) is 9.59 Å². The molecule has 0 aromatic heterocycles. The molecule has 0 radical (unpaired) electrons. The summed E-state index contributed by atoms with van der Waals surface area (Å²) < 4.78 is 26.9. The van der Waals surface area contributed by atoms with Crippen LogP contribution < -0.4 is 10.6 Å². The predicted molar refractivity (Wildman–Crippen MR) is 114 cm³/mol. The number of carbonyl (C=O) groups is 2. The van der Waals surface area contributed by atoms with E-state index in [2.05, 4.69) is 10.6 Å². The van der Waals surface area contributed by atoms with Gasteiger partial charge in [-0.2, -0.15) is 4.31 Å². The predicted octanol–water partition coefficient (Wildman–Crippen LogP) is 1.84. The van der Waals surface area contributed by atoms with Crippen LogP contribution in [-0.2, 0) is 32.6 Å². The van der Waals surface area contributed by atoms with Crippen molar-refractivity contribution in [2.75, 3.05) is 19.6 Å². The van der Waals surface area contributed by atoms with Crippen LogP contribution in [-0.4, -0.2) is 44.2 Å². The van der Waals surface area contributed by atoms with Crippen molar-refractivity contribution in [2.24, 2.45) is 0 Å². The third-order valence-corrected chi connectivity index (χ3v) is 6.93. The lowest BCUT2D eigenvalue weighted by Crippen LogP contribution is -2.37. The van der Waals surface area contributed by atoms with E-state index in [4.69, 9.17) is 0 Å². The summed E-state index contributed by atoms with van der Waals surface area (Å²) in [6.45, 7) is 1.29. The van der Waals surface area contributed by atoms with Crippen LogP contribution in [0.5, 0.6) is 0 Å². The zero-order valence-electron chi connectivity index (χ0n) is 16.8. The lowest BCUT2D eigenvalue weighted by molar-refractivity contribution is -0.125. The van der Waals surface area contributed by atoms with Gasteiger partial charge in [0.05, 0.1) is 17.9 Å². The molecule has 0 aliphatic carbocycles. The lowest BCUT2D eigenvalue weighted by atomic mass is 10.1. The van der Waals surface area contributed by atoms with E-state index in [9.17, 15) is 18.0 Å². The lowest BCUT2D eigenvalue weighted by Gasteiger charge is -2.25. The van der Waals surface area contributed by atoms with Crippen LogP contribution in [0.25, 0.3) is 0 Å². The number of amides is 2. The number of nitrogens with zero attached hydrogens (tertiary/aromatic N) is 1. The molecule has 2 amide bonds. The van der Waals surface area contributed by atoms with E-state index < -0.39 is 10.0 Å². The van der Waals surface area contributed by atoms with Crippen LogP contribution in [0.3, 0.4) is 0 Å². The van der Waals surface area contributed by atoms with Gasteiger partial charge in [-0.05, 0) is 36.1 Å². The molecule has 2 aromatic rings. The maximum atomic E-state index is 12.7. The first-order valence-corrected chi connectivity index (χ1v) is 11.6. The molecular formula is C22H27N3O4S. The molecule has 1 aliphatic heterocycles. The Bertz CT molecular complexity index is 954. The quantitative estimate of drug-likeness (QED) is 0.669. The number of rotatable bonds is 8. The SMILES string of the molecule is O=C(CNC(=O)Cc1ccccc1)NCc1ccc(S(=O)(=O)N2CCCCC2)cc1. The summed E-state index contributed by atoms with van der Waals surface area (Å²) in [4.78, 5) is 24.1. The number of hydrogen-bond acceptors (Lipinski definition) is 4. The standard InChI is InChI=1S/C22H27N3O4S/c26-21(15-18-7-3-1-4-8-18)24-17-22(27)23-16-19-9-11-20(12-10-19)30(28,29)25-13-5-2-6-14-25/h1,3-4,7-12H,2,5-6,13-17H2,(H,23,27)(H,24,26). The highest BCUT2D eigenvalue weighted by molar-refractivity contribution is 7.89. The Labute approximate surface area is 177 Å². The molecule has 0 bridgehead atoms. The average Bonchev–Trinajstić information content (AvgIpc) is 2.78. The average molecular weight is 430 g/mol. The van der Waals surface area contributed by atoms with Gasteiger partial charge in [0.25, 0.3) is 0 Å². The van der Waals surface area contributed by atoms with Crippen molar-refractivity contribution in [3.8, 4) is 0 Å². The van der Waals surface area contributed by atoms with E-state index in [0.29, 0.717) is 13.1 Å². The van der Waals surface area contributed by atoms with Crippen molar-refractivity contribution >= 4 is 21.8 Å². The summed E-state index contributed by atoms with van der Waals surface area (Å²) in [5.41, 5.74) is 1.67. The molecule has 0 atom stereocenters. The van der Waals surface area contributed by atoms with Gasteiger partial charge >= 0.3 is 0 Å². The number of piperidine rings is 1.